The Kier molecular flexibility index (Phi) is 11.5. The topological polar surface area (TPSA) is 100 Å². The van der Waals surface area contributed by atoms with Crippen LogP contribution in [0.3, 0.4) is 0 Å². The van der Waals surface area contributed by atoms with Gasteiger partial charge in [0.05, 0.1) is 45.1 Å². The quantitative estimate of drug-likeness (QED) is 0.183. The summed E-state index contributed by atoms with van der Waals surface area (Å²) in [4.78, 5) is 15.4. The molecule has 49 heavy (non-hydrogen) atoms. The minimum absolute atomic E-state index is 0.435. The summed E-state index contributed by atoms with van der Waals surface area (Å²) in [5.41, 5.74) is 8.41. The van der Waals surface area contributed by atoms with E-state index in [-0.39, 0.29) is 0 Å². The zero-order valence-corrected chi connectivity index (χ0v) is 28.4. The zero-order chi connectivity index (χ0) is 33.8. The second kappa shape index (κ2) is 16.8. The highest BCUT2D eigenvalue weighted by Gasteiger charge is 2.17. The number of nitrogens with one attached hydrogen (secondary N) is 1. The van der Waals surface area contributed by atoms with Crippen LogP contribution in [0, 0.1) is 0 Å². The highest BCUT2D eigenvalue weighted by Crippen LogP contribution is 2.26. The Balaban J connectivity index is 0.000000182. The van der Waals surface area contributed by atoms with Crippen LogP contribution in [0.25, 0.3) is 0 Å². The Hall–Kier alpha value is -5.19. The lowest BCUT2D eigenvalue weighted by atomic mass is 9.99. The molecule has 2 aromatic carbocycles. The third-order valence-corrected chi connectivity index (χ3v) is 8.59. The van der Waals surface area contributed by atoms with E-state index in [0.29, 0.717) is 19.1 Å². The number of rotatable bonds is 11. The van der Waals surface area contributed by atoms with Gasteiger partial charge in [0, 0.05) is 38.4 Å². The molecule has 0 saturated heterocycles. The molecular formula is C39H43N5O5. The van der Waals surface area contributed by atoms with E-state index in [9.17, 15) is 0 Å². The van der Waals surface area contributed by atoms with Crippen molar-refractivity contribution in [3.05, 3.63) is 131 Å². The molecule has 0 saturated carbocycles. The maximum atomic E-state index is 5.96. The number of hydrogen-bond acceptors (Lipinski definition) is 10. The molecule has 3 aromatic heterocycles. The van der Waals surface area contributed by atoms with Crippen molar-refractivity contribution >= 4 is 0 Å². The second-order valence-electron chi connectivity index (χ2n) is 11.9. The maximum absolute atomic E-state index is 5.96. The third-order valence-electron chi connectivity index (χ3n) is 8.59. The van der Waals surface area contributed by atoms with Gasteiger partial charge in [-0.05, 0) is 95.7 Å². The predicted molar refractivity (Wildman–Crippen MR) is 187 cm³/mol. The number of benzene rings is 2. The van der Waals surface area contributed by atoms with Gasteiger partial charge in [-0.3, -0.25) is 14.9 Å². The molecule has 0 atom stereocenters. The van der Waals surface area contributed by atoms with Crippen molar-refractivity contribution in [2.75, 3.05) is 34.4 Å². The van der Waals surface area contributed by atoms with E-state index < -0.39 is 0 Å². The van der Waals surface area contributed by atoms with Crippen LogP contribution in [0.1, 0.15) is 39.2 Å². The summed E-state index contributed by atoms with van der Waals surface area (Å²) in [5, 5.41) is 3.37. The van der Waals surface area contributed by atoms with Crippen LogP contribution >= 0.6 is 0 Å². The summed E-state index contributed by atoms with van der Waals surface area (Å²) in [6.45, 7) is 5.70. The monoisotopic (exact) mass is 661 g/mol. The van der Waals surface area contributed by atoms with Gasteiger partial charge < -0.3 is 29.0 Å². The summed E-state index contributed by atoms with van der Waals surface area (Å²) in [6.07, 6.45) is 7.43. The highest BCUT2D eigenvalue weighted by atomic mass is 16.5. The van der Waals surface area contributed by atoms with Gasteiger partial charge in [0.15, 0.2) is 0 Å². The van der Waals surface area contributed by atoms with Crippen molar-refractivity contribution in [2.24, 2.45) is 0 Å². The Morgan fingerprint density at radius 2 is 1.24 bits per heavy atom. The van der Waals surface area contributed by atoms with Crippen molar-refractivity contribution in [2.45, 2.75) is 45.7 Å². The molecule has 7 rings (SSSR count). The molecule has 0 amide bonds. The lowest BCUT2D eigenvalue weighted by Crippen LogP contribution is -2.30. The van der Waals surface area contributed by atoms with Crippen LogP contribution in [-0.2, 0) is 45.7 Å². The molecule has 0 radical (unpaired) electrons. The number of methoxy groups -OCH3 is 3. The molecule has 254 valence electrons. The molecule has 10 nitrogen and oxygen atoms in total. The van der Waals surface area contributed by atoms with Gasteiger partial charge in [-0.1, -0.05) is 18.2 Å². The molecule has 0 unspecified atom stereocenters. The summed E-state index contributed by atoms with van der Waals surface area (Å²) >= 11 is 0. The molecule has 5 aromatic rings. The van der Waals surface area contributed by atoms with Crippen molar-refractivity contribution in [1.82, 2.24) is 25.2 Å². The van der Waals surface area contributed by atoms with E-state index in [0.717, 1.165) is 80.0 Å². The molecule has 0 bridgehead atoms. The minimum atomic E-state index is 0.435. The van der Waals surface area contributed by atoms with E-state index >= 15 is 0 Å². The van der Waals surface area contributed by atoms with Gasteiger partial charge in [0.1, 0.15) is 36.2 Å². The first-order valence-corrected chi connectivity index (χ1v) is 16.5. The number of pyridine rings is 3. The molecule has 5 heterocycles. The van der Waals surface area contributed by atoms with Crippen LogP contribution in [0.5, 0.6) is 28.9 Å². The molecule has 1 N–H and O–H groups in total. The third kappa shape index (κ3) is 9.46. The Morgan fingerprint density at radius 1 is 0.612 bits per heavy atom. The highest BCUT2D eigenvalue weighted by molar-refractivity contribution is 5.38. The molecule has 0 spiro atoms. The Bertz CT molecular complexity index is 1780. The van der Waals surface area contributed by atoms with Crippen LogP contribution in [0.15, 0.2) is 91.4 Å². The number of fused-ring (bicyclic) bond motifs is 2. The van der Waals surface area contributed by atoms with Crippen molar-refractivity contribution in [3.8, 4) is 28.9 Å². The smallest absolute Gasteiger partial charge is 0.212 e. The van der Waals surface area contributed by atoms with Gasteiger partial charge in [-0.15, -0.1) is 0 Å². The summed E-state index contributed by atoms with van der Waals surface area (Å²) < 4.78 is 27.1. The van der Waals surface area contributed by atoms with E-state index in [2.05, 4.69) is 55.5 Å². The molecule has 2 aliphatic rings. The predicted octanol–water partition coefficient (Wildman–Crippen LogP) is 5.95. The van der Waals surface area contributed by atoms with Gasteiger partial charge in [-0.2, -0.15) is 0 Å². The average Bonchev–Trinajstić information content (AvgIpc) is 3.17. The van der Waals surface area contributed by atoms with Crippen LogP contribution in [0.2, 0.25) is 0 Å². The number of ether oxygens (including phenoxy) is 5. The first-order chi connectivity index (χ1) is 24.1. The van der Waals surface area contributed by atoms with Gasteiger partial charge >= 0.3 is 0 Å². The Labute approximate surface area is 288 Å². The maximum Gasteiger partial charge on any atom is 0.212 e. The van der Waals surface area contributed by atoms with Gasteiger partial charge in [-0.25, -0.2) is 4.98 Å². The lowest BCUT2D eigenvalue weighted by Gasteiger charge is -2.29. The van der Waals surface area contributed by atoms with Crippen molar-refractivity contribution in [3.63, 3.8) is 0 Å². The minimum Gasteiger partial charge on any atom is -0.495 e. The second-order valence-corrected chi connectivity index (χ2v) is 11.9. The van der Waals surface area contributed by atoms with Crippen molar-refractivity contribution in [1.29, 1.82) is 0 Å². The normalized spacial score (nSPS) is 13.6. The zero-order valence-electron chi connectivity index (χ0n) is 28.4. The first kappa shape index (κ1) is 33.7. The molecular weight excluding hydrogens is 618 g/mol. The number of hydrogen-bond donors (Lipinski definition) is 1. The molecule has 0 fully saturated rings. The SMILES string of the molecule is COc1ccc(COc2ccc3c(c2)CN(Cc2ccc(OC)nc2)CC3)nc1.COc1ccc(COc2ccc3c(c2)CNCC3)nc1. The summed E-state index contributed by atoms with van der Waals surface area (Å²) in [6, 6.07) is 24.3. The number of nitrogens with zero attached hydrogens (tertiary/aromatic N) is 4. The lowest BCUT2D eigenvalue weighted by molar-refractivity contribution is 0.243. The van der Waals surface area contributed by atoms with Gasteiger partial charge in [0.25, 0.3) is 0 Å². The molecule has 2 aliphatic heterocycles. The molecule has 0 aliphatic carbocycles. The van der Waals surface area contributed by atoms with Gasteiger partial charge in [0.2, 0.25) is 5.88 Å². The standard InChI is InChI=1S/C23H25N3O3.C16H18N2O2/c1-27-22-7-5-20(24-13-22)16-29-21-6-4-18-9-10-26(15-19(18)11-21)14-17-3-8-23(28-2)25-12-17;1-19-16-5-3-14(18-10-16)11-20-15-4-2-12-6-7-17-9-13(12)8-15/h3-8,11-13H,9-10,14-16H2,1-2H3;2-5,8,10,17H,6-7,9,11H2,1H3. The molecule has 10 heteroatoms. The van der Waals surface area contributed by atoms with Crippen LogP contribution in [-0.4, -0.2) is 54.3 Å². The van der Waals surface area contributed by atoms with E-state index in [1.165, 1.54) is 27.8 Å². The Morgan fingerprint density at radius 3 is 1.82 bits per heavy atom. The fourth-order valence-electron chi connectivity index (χ4n) is 5.80. The fourth-order valence-corrected chi connectivity index (χ4v) is 5.80. The summed E-state index contributed by atoms with van der Waals surface area (Å²) in [7, 11) is 4.90. The average molecular weight is 662 g/mol. The fraction of sp³-hybridized carbons (Fsp3) is 0.308. The first-order valence-electron chi connectivity index (χ1n) is 16.5. The largest absolute Gasteiger partial charge is 0.495 e. The summed E-state index contributed by atoms with van der Waals surface area (Å²) in [5.74, 6) is 3.91. The van der Waals surface area contributed by atoms with E-state index in [1.807, 2.05) is 48.7 Å². The van der Waals surface area contributed by atoms with Crippen molar-refractivity contribution < 1.29 is 23.7 Å². The number of aromatic nitrogens is 3. The van der Waals surface area contributed by atoms with E-state index in [4.69, 9.17) is 23.7 Å². The van der Waals surface area contributed by atoms with E-state index in [1.54, 1.807) is 33.7 Å². The van der Waals surface area contributed by atoms with Crippen LogP contribution < -0.4 is 29.0 Å². The van der Waals surface area contributed by atoms with Crippen LogP contribution in [0.4, 0.5) is 0 Å².